The number of rotatable bonds is 7. The number of hydrogen-bond acceptors (Lipinski definition) is 10. The van der Waals surface area contributed by atoms with Crippen molar-refractivity contribution >= 4 is 81.6 Å². The summed E-state index contributed by atoms with van der Waals surface area (Å²) in [5.74, 6) is 0.946. The molecular formula is C59H61BrN14O2. The molecule has 0 bridgehead atoms. The Labute approximate surface area is 448 Å². The molecule has 2 aliphatic rings. The molecule has 16 nitrogen and oxygen atoms in total. The van der Waals surface area contributed by atoms with E-state index in [2.05, 4.69) is 153 Å². The molecule has 2 aliphatic heterocycles. The summed E-state index contributed by atoms with van der Waals surface area (Å²) in [5.41, 5.74) is 16.6. The third-order valence-electron chi connectivity index (χ3n) is 15.9. The van der Waals surface area contributed by atoms with E-state index in [0.717, 1.165) is 134 Å². The summed E-state index contributed by atoms with van der Waals surface area (Å²) >= 11 is 3.67. The first-order valence-electron chi connectivity index (χ1n) is 26.1. The van der Waals surface area contributed by atoms with Crippen molar-refractivity contribution in [2.75, 3.05) is 26.4 Å². The van der Waals surface area contributed by atoms with Gasteiger partial charge in [-0.1, -0.05) is 71.1 Å². The normalized spacial score (nSPS) is 15.4. The maximum Gasteiger partial charge on any atom is 0.0968 e. The van der Waals surface area contributed by atoms with Crippen molar-refractivity contribution in [1.82, 2.24) is 68.7 Å². The molecule has 14 rings (SSSR count). The molecule has 0 spiro atoms. The topological polar surface area (TPSA) is 151 Å². The summed E-state index contributed by atoms with van der Waals surface area (Å²) < 4.78 is 25.0. The minimum Gasteiger partial charge on any atom is -0.381 e. The highest BCUT2D eigenvalue weighted by Gasteiger charge is 2.33. The number of hydrogen-bond donors (Lipinski definition) is 0. The Bertz CT molecular complexity index is 4000. The summed E-state index contributed by atoms with van der Waals surface area (Å²) in [6, 6.07) is 35.5. The fourth-order valence-corrected chi connectivity index (χ4v) is 12.3. The zero-order chi connectivity index (χ0) is 52.2. The highest BCUT2D eigenvalue weighted by atomic mass is 79.9. The van der Waals surface area contributed by atoms with Crippen LogP contribution < -0.4 is 0 Å². The molecule has 0 unspecified atom stereocenters. The first-order valence-corrected chi connectivity index (χ1v) is 26.9. The van der Waals surface area contributed by atoms with Gasteiger partial charge in [-0.2, -0.15) is 10.2 Å². The van der Waals surface area contributed by atoms with Gasteiger partial charge in [0, 0.05) is 98.6 Å². The molecule has 0 N–H and O–H groups in total. The largest absolute Gasteiger partial charge is 0.381 e. The van der Waals surface area contributed by atoms with Gasteiger partial charge in [-0.25, -0.2) is 4.68 Å². The molecular weight excluding hydrogens is 1020 g/mol. The third-order valence-corrected chi connectivity index (χ3v) is 16.3. The Balaban J connectivity index is 0.000000135. The van der Waals surface area contributed by atoms with Gasteiger partial charge in [-0.05, 0) is 122 Å². The predicted octanol–water partition coefficient (Wildman–Crippen LogP) is 11.5. The van der Waals surface area contributed by atoms with Gasteiger partial charge < -0.3 is 18.6 Å². The SMILES string of the molecule is Cc1nnn(C)c1-c1cnc2c3c4cnn(C)c4ccc3n([C@H](c3ccccc3)C3CCOCC3)c2c1.Cc1nnn(C)c1C.Cn1ncc2c3c4ncc(Br)cc4n([C@H](c4ccccc4)C4CCOCC4)c3ccc21. The van der Waals surface area contributed by atoms with Crippen LogP contribution in [0.2, 0.25) is 0 Å². The summed E-state index contributed by atoms with van der Waals surface area (Å²) in [6.45, 7) is 9.16. The maximum atomic E-state index is 5.78. The standard InChI is InChI=1S/C29H29N7O.C25H23BrN4O.C5H9N3/c1-18-28(35(3)33-32-18)21-15-25-27(30-16-21)26-22-17-31-34(2)23(22)9-10-24(26)36(25)29(19-7-5-4-6-8-19)20-11-13-37-14-12-20;1-29-20-7-8-21-23(19(20)15-28-29)24-22(13-18(26)14-27-24)30(21)25(16-5-3-2-4-6-16)17-9-11-31-12-10-17;1-4-5(2)8(3)7-6-4/h4-10,15-17,20,29H,11-14H2,1-3H3;2-8,13-15,17,25H,9-12H2,1H3;1-3H3/t29-;25-;/m11./s1. The number of fused-ring (bicyclic) bond motifs is 10. The molecule has 12 aromatic rings. The maximum absolute atomic E-state index is 5.78. The van der Waals surface area contributed by atoms with Crippen molar-refractivity contribution in [2.45, 2.75) is 58.5 Å². The fourth-order valence-electron chi connectivity index (χ4n) is 11.9. The second-order valence-corrected chi connectivity index (χ2v) is 21.2. The lowest BCUT2D eigenvalue weighted by Gasteiger charge is -2.33. The monoisotopic (exact) mass is 1080 g/mol. The smallest absolute Gasteiger partial charge is 0.0968 e. The lowest BCUT2D eigenvalue weighted by molar-refractivity contribution is 0.0552. The predicted molar refractivity (Wildman–Crippen MR) is 302 cm³/mol. The summed E-state index contributed by atoms with van der Waals surface area (Å²) in [6.07, 6.45) is 11.9. The van der Waals surface area contributed by atoms with E-state index in [9.17, 15) is 0 Å². The van der Waals surface area contributed by atoms with Crippen LogP contribution in [0, 0.1) is 32.6 Å². The molecule has 4 aromatic carbocycles. The molecule has 2 atom stereocenters. The lowest BCUT2D eigenvalue weighted by Crippen LogP contribution is -2.26. The highest BCUT2D eigenvalue weighted by Crippen LogP contribution is 2.45. The molecule has 386 valence electrons. The Morgan fingerprint density at radius 3 is 1.41 bits per heavy atom. The fraction of sp³-hybridized carbons (Fsp3) is 0.322. The Morgan fingerprint density at radius 2 is 0.961 bits per heavy atom. The van der Waals surface area contributed by atoms with Crippen LogP contribution in [-0.2, 0) is 37.7 Å². The Hall–Kier alpha value is -7.60. The molecule has 0 aliphatic carbocycles. The summed E-state index contributed by atoms with van der Waals surface area (Å²) in [7, 11) is 7.80. The Kier molecular flexibility index (Phi) is 13.3. The van der Waals surface area contributed by atoms with Gasteiger partial charge in [-0.15, -0.1) is 10.2 Å². The van der Waals surface area contributed by atoms with Crippen LogP contribution in [0.4, 0.5) is 0 Å². The quantitative estimate of drug-likeness (QED) is 0.151. The van der Waals surface area contributed by atoms with Crippen molar-refractivity contribution in [3.63, 3.8) is 0 Å². The van der Waals surface area contributed by atoms with Crippen LogP contribution in [0.1, 0.15) is 66.0 Å². The van der Waals surface area contributed by atoms with Gasteiger partial charge in [0.2, 0.25) is 0 Å². The van der Waals surface area contributed by atoms with Gasteiger partial charge in [0.1, 0.15) is 0 Å². The average molecular weight is 1080 g/mol. The molecule has 0 amide bonds. The molecule has 0 radical (unpaired) electrons. The zero-order valence-corrected chi connectivity index (χ0v) is 45.6. The lowest BCUT2D eigenvalue weighted by atomic mass is 9.86. The number of nitrogens with zero attached hydrogens (tertiary/aromatic N) is 14. The van der Waals surface area contributed by atoms with Crippen molar-refractivity contribution in [3.8, 4) is 11.3 Å². The van der Waals surface area contributed by atoms with Crippen LogP contribution in [0.15, 0.2) is 126 Å². The van der Waals surface area contributed by atoms with E-state index >= 15 is 0 Å². The number of ether oxygens (including phenoxy) is 2. The molecule has 2 saturated heterocycles. The number of pyridine rings is 2. The minimum absolute atomic E-state index is 0.155. The van der Waals surface area contributed by atoms with E-state index in [4.69, 9.17) is 19.4 Å². The van der Waals surface area contributed by atoms with Crippen molar-refractivity contribution < 1.29 is 9.47 Å². The summed E-state index contributed by atoms with van der Waals surface area (Å²) in [4.78, 5) is 9.98. The first-order chi connectivity index (χ1) is 37.0. The third kappa shape index (κ3) is 8.73. The van der Waals surface area contributed by atoms with Gasteiger partial charge in [0.05, 0.1) is 91.4 Å². The molecule has 0 saturated carbocycles. The van der Waals surface area contributed by atoms with Crippen molar-refractivity contribution in [1.29, 1.82) is 0 Å². The molecule has 76 heavy (non-hydrogen) atoms. The number of aryl methyl sites for hydroxylation is 6. The average Bonchev–Trinajstić information content (AvgIpc) is 4.45. The second kappa shape index (κ2) is 20.5. The van der Waals surface area contributed by atoms with Crippen LogP contribution in [0.3, 0.4) is 0 Å². The number of halogens is 1. The van der Waals surface area contributed by atoms with E-state index < -0.39 is 0 Å². The van der Waals surface area contributed by atoms with Gasteiger partial charge in [-0.3, -0.25) is 24.0 Å². The van der Waals surface area contributed by atoms with Crippen LogP contribution in [0.25, 0.3) is 76.9 Å². The zero-order valence-electron chi connectivity index (χ0n) is 44.0. The number of benzene rings is 4. The van der Waals surface area contributed by atoms with Gasteiger partial charge in [0.15, 0.2) is 0 Å². The van der Waals surface area contributed by atoms with Crippen LogP contribution >= 0.6 is 15.9 Å². The van der Waals surface area contributed by atoms with E-state index in [-0.39, 0.29) is 12.1 Å². The molecule has 10 heterocycles. The molecule has 2 fully saturated rings. The van der Waals surface area contributed by atoms with Crippen LogP contribution in [-0.4, -0.2) is 95.1 Å². The second-order valence-electron chi connectivity index (χ2n) is 20.3. The van der Waals surface area contributed by atoms with Crippen molar-refractivity contribution in [2.24, 2.45) is 40.0 Å². The van der Waals surface area contributed by atoms with Gasteiger partial charge in [0.25, 0.3) is 0 Å². The summed E-state index contributed by atoms with van der Waals surface area (Å²) in [5, 5.41) is 29.9. The number of aromatic nitrogens is 14. The highest BCUT2D eigenvalue weighted by molar-refractivity contribution is 9.10. The molecule has 17 heteroatoms. The van der Waals surface area contributed by atoms with E-state index in [0.29, 0.717) is 11.8 Å². The van der Waals surface area contributed by atoms with E-state index in [1.54, 1.807) is 4.68 Å². The van der Waals surface area contributed by atoms with Crippen molar-refractivity contribution in [3.05, 3.63) is 155 Å². The molecule has 8 aromatic heterocycles. The Morgan fingerprint density at radius 1 is 0.500 bits per heavy atom. The van der Waals surface area contributed by atoms with E-state index in [1.807, 2.05) is 87.8 Å². The van der Waals surface area contributed by atoms with Crippen LogP contribution in [0.5, 0.6) is 0 Å². The van der Waals surface area contributed by atoms with Gasteiger partial charge >= 0.3 is 0 Å². The van der Waals surface area contributed by atoms with E-state index in [1.165, 1.54) is 27.5 Å². The first kappa shape index (κ1) is 49.3. The minimum atomic E-state index is 0.155.